The third kappa shape index (κ3) is 5.13. The average Bonchev–Trinajstić information content (AvgIpc) is 3.31. The molecule has 36 heavy (non-hydrogen) atoms. The highest BCUT2D eigenvalue weighted by atomic mass is 35.5. The lowest BCUT2D eigenvalue weighted by atomic mass is 9.98. The fraction of sp³-hybridized carbons (Fsp3) is 0.360. The minimum atomic E-state index is -0.418. The van der Waals surface area contributed by atoms with Crippen LogP contribution in [0.5, 0.6) is 11.5 Å². The lowest BCUT2D eigenvalue weighted by molar-refractivity contribution is 0.125. The van der Waals surface area contributed by atoms with Crippen LogP contribution in [-0.4, -0.2) is 56.7 Å². The van der Waals surface area contributed by atoms with Crippen molar-refractivity contribution in [2.45, 2.75) is 19.0 Å². The molecule has 1 unspecified atom stereocenters. The van der Waals surface area contributed by atoms with Crippen LogP contribution in [0.2, 0.25) is 0 Å². The van der Waals surface area contributed by atoms with Gasteiger partial charge in [-0.3, -0.25) is 4.99 Å². The van der Waals surface area contributed by atoms with Gasteiger partial charge in [0.25, 0.3) is 0 Å². The first-order chi connectivity index (χ1) is 17.5. The van der Waals surface area contributed by atoms with E-state index in [2.05, 4.69) is 26.3 Å². The van der Waals surface area contributed by atoms with Crippen molar-refractivity contribution >= 4 is 23.9 Å². The molecule has 4 heterocycles. The number of carbonyl (C=O) groups excluding carboxylic acids is 1. The standard InChI is InChI=1S/C25H28ClFN6O3/c1-35-20-6-2-3-7-21(20)36-25(34)33-8-4-5-15(14-33)10-28-24-19(27)13-31-23(32-24)18-12-30-22-17(18)9-16(26)11-29-22/h2-3,6-7,9,11-12,15,22,28-29,31-32H,4-5,8,10,13-14H2,1H3/t15-,22?/m1/s1. The normalized spacial score (nSPS) is 25.1. The summed E-state index contributed by atoms with van der Waals surface area (Å²) in [6.07, 6.45) is 6.44. The molecule has 0 bridgehead atoms. The van der Waals surface area contributed by atoms with Gasteiger partial charge in [0.2, 0.25) is 0 Å². The smallest absolute Gasteiger partial charge is 0.415 e. The van der Waals surface area contributed by atoms with Gasteiger partial charge in [-0.05, 0) is 37.0 Å². The van der Waals surface area contributed by atoms with Crippen LogP contribution < -0.4 is 30.7 Å². The van der Waals surface area contributed by atoms with E-state index in [-0.39, 0.29) is 24.5 Å². The second kappa shape index (κ2) is 10.5. The van der Waals surface area contributed by atoms with Crippen molar-refractivity contribution in [2.75, 3.05) is 33.3 Å². The van der Waals surface area contributed by atoms with Gasteiger partial charge in [0.1, 0.15) is 17.8 Å². The molecule has 1 amide bonds. The minimum Gasteiger partial charge on any atom is -0.493 e. The molecular weight excluding hydrogens is 487 g/mol. The second-order valence-electron chi connectivity index (χ2n) is 8.88. The molecule has 1 aromatic carbocycles. The number of para-hydroxylation sites is 2. The van der Waals surface area contributed by atoms with Crippen molar-refractivity contribution in [1.29, 1.82) is 0 Å². The quantitative estimate of drug-likeness (QED) is 0.479. The Morgan fingerprint density at radius 3 is 3.00 bits per heavy atom. The number of allylic oxidation sites excluding steroid dienone is 2. The highest BCUT2D eigenvalue weighted by Crippen LogP contribution is 2.29. The summed E-state index contributed by atoms with van der Waals surface area (Å²) in [5.74, 6) is 1.69. The summed E-state index contributed by atoms with van der Waals surface area (Å²) in [6, 6.07) is 7.05. The van der Waals surface area contributed by atoms with Crippen LogP contribution in [0.15, 0.2) is 75.2 Å². The summed E-state index contributed by atoms with van der Waals surface area (Å²) < 4.78 is 25.5. The van der Waals surface area contributed by atoms with Crippen molar-refractivity contribution in [3.8, 4) is 11.5 Å². The zero-order valence-electron chi connectivity index (χ0n) is 19.8. The first-order valence-electron chi connectivity index (χ1n) is 11.9. The Morgan fingerprint density at radius 1 is 1.33 bits per heavy atom. The van der Waals surface area contributed by atoms with E-state index in [0.717, 1.165) is 24.0 Å². The zero-order valence-corrected chi connectivity index (χ0v) is 20.6. The molecule has 0 spiro atoms. The first kappa shape index (κ1) is 24.1. The Labute approximate surface area is 213 Å². The number of ether oxygens (including phenoxy) is 2. The monoisotopic (exact) mass is 514 g/mol. The lowest BCUT2D eigenvalue weighted by Crippen LogP contribution is -2.46. The van der Waals surface area contributed by atoms with Crippen LogP contribution in [-0.2, 0) is 0 Å². The molecule has 2 atom stereocenters. The summed E-state index contributed by atoms with van der Waals surface area (Å²) in [6.45, 7) is 1.69. The van der Waals surface area contributed by atoms with Crippen LogP contribution in [0.1, 0.15) is 12.8 Å². The predicted molar refractivity (Wildman–Crippen MR) is 135 cm³/mol. The minimum absolute atomic E-state index is 0.0545. The molecule has 9 nitrogen and oxygen atoms in total. The summed E-state index contributed by atoms with van der Waals surface area (Å²) in [7, 11) is 1.53. The predicted octanol–water partition coefficient (Wildman–Crippen LogP) is 3.06. The number of likely N-dealkylation sites (tertiary alicyclic amines) is 1. The van der Waals surface area contributed by atoms with Gasteiger partial charge in [-0.1, -0.05) is 23.7 Å². The van der Waals surface area contributed by atoms with E-state index in [1.54, 1.807) is 35.5 Å². The van der Waals surface area contributed by atoms with Gasteiger partial charge in [0, 0.05) is 43.2 Å². The van der Waals surface area contributed by atoms with E-state index in [1.807, 2.05) is 12.1 Å². The SMILES string of the molecule is COc1ccccc1OC(=O)N1CCC[C@H](CNC2=C(F)CNC(=C3C=NC4NC=C(Cl)C=C34)N2)C1. The number of nitrogens with one attached hydrogen (secondary N) is 4. The molecule has 5 rings (SSSR count). The molecule has 4 aliphatic rings. The first-order valence-corrected chi connectivity index (χ1v) is 12.2. The molecule has 190 valence electrons. The van der Waals surface area contributed by atoms with Crippen molar-refractivity contribution in [1.82, 2.24) is 26.2 Å². The summed E-state index contributed by atoms with van der Waals surface area (Å²) >= 11 is 6.15. The number of fused-ring (bicyclic) bond motifs is 1. The Balaban J connectivity index is 1.20. The van der Waals surface area contributed by atoms with E-state index in [0.29, 0.717) is 47.8 Å². The van der Waals surface area contributed by atoms with Gasteiger partial charge in [0.15, 0.2) is 17.3 Å². The Morgan fingerprint density at radius 2 is 2.17 bits per heavy atom. The van der Waals surface area contributed by atoms with Gasteiger partial charge in [0.05, 0.1) is 18.7 Å². The molecule has 0 saturated carbocycles. The van der Waals surface area contributed by atoms with Crippen LogP contribution in [0, 0.1) is 5.92 Å². The third-order valence-electron chi connectivity index (χ3n) is 6.45. The van der Waals surface area contributed by atoms with Gasteiger partial charge in [-0.25, -0.2) is 9.18 Å². The highest BCUT2D eigenvalue weighted by Gasteiger charge is 2.29. The summed E-state index contributed by atoms with van der Waals surface area (Å²) in [5.41, 5.74) is 1.74. The zero-order chi connectivity index (χ0) is 25.1. The maximum atomic E-state index is 14.7. The van der Waals surface area contributed by atoms with Crippen LogP contribution in [0.4, 0.5) is 9.18 Å². The third-order valence-corrected chi connectivity index (χ3v) is 6.67. The summed E-state index contributed by atoms with van der Waals surface area (Å²) in [5, 5.41) is 13.1. The molecule has 0 aliphatic carbocycles. The van der Waals surface area contributed by atoms with Crippen molar-refractivity contribution < 1.29 is 18.7 Å². The lowest BCUT2D eigenvalue weighted by Gasteiger charge is -2.33. The maximum Gasteiger partial charge on any atom is 0.415 e. The molecule has 0 aromatic heterocycles. The number of carbonyl (C=O) groups is 1. The molecule has 1 saturated heterocycles. The average molecular weight is 515 g/mol. The molecular formula is C25H28ClFN6O3. The second-order valence-corrected chi connectivity index (χ2v) is 9.31. The number of halogens is 2. The number of dihydropyridines is 1. The number of hydrogen-bond donors (Lipinski definition) is 4. The van der Waals surface area contributed by atoms with E-state index in [4.69, 9.17) is 21.1 Å². The van der Waals surface area contributed by atoms with Gasteiger partial charge in [-0.15, -0.1) is 0 Å². The summed E-state index contributed by atoms with van der Waals surface area (Å²) in [4.78, 5) is 18.9. The number of hydrogen-bond acceptors (Lipinski definition) is 8. The van der Waals surface area contributed by atoms with E-state index >= 15 is 0 Å². The topological polar surface area (TPSA) is 99.2 Å². The fourth-order valence-electron chi connectivity index (χ4n) is 4.60. The number of rotatable bonds is 5. The molecule has 4 N–H and O–H groups in total. The maximum absolute atomic E-state index is 14.7. The number of benzene rings is 1. The van der Waals surface area contributed by atoms with Crippen molar-refractivity contribution in [3.63, 3.8) is 0 Å². The van der Waals surface area contributed by atoms with Gasteiger partial charge >= 0.3 is 6.09 Å². The number of nitrogens with zero attached hydrogens (tertiary/aromatic N) is 2. The number of amides is 1. The number of aliphatic imine (C=N–C) groups is 1. The van der Waals surface area contributed by atoms with Crippen molar-refractivity contribution in [3.05, 3.63) is 70.2 Å². The largest absolute Gasteiger partial charge is 0.493 e. The van der Waals surface area contributed by atoms with Crippen LogP contribution >= 0.6 is 11.6 Å². The Hall–Kier alpha value is -3.66. The molecule has 4 aliphatic heterocycles. The Bertz CT molecular complexity index is 1190. The van der Waals surface area contributed by atoms with E-state index in [1.165, 1.54) is 7.11 Å². The number of piperidine rings is 1. The molecule has 1 aromatic rings. The molecule has 0 radical (unpaired) electrons. The van der Waals surface area contributed by atoms with Crippen molar-refractivity contribution in [2.24, 2.45) is 10.9 Å². The molecule has 1 fully saturated rings. The Kier molecular flexibility index (Phi) is 7.04. The van der Waals surface area contributed by atoms with Crippen LogP contribution in [0.25, 0.3) is 0 Å². The fourth-order valence-corrected chi connectivity index (χ4v) is 4.78. The van der Waals surface area contributed by atoms with E-state index < -0.39 is 6.09 Å². The van der Waals surface area contributed by atoms with Gasteiger partial charge < -0.3 is 35.6 Å². The number of methoxy groups -OCH3 is 1. The van der Waals surface area contributed by atoms with Gasteiger partial charge in [-0.2, -0.15) is 0 Å². The highest BCUT2D eigenvalue weighted by molar-refractivity contribution is 6.31. The molecule has 11 heteroatoms. The van der Waals surface area contributed by atoms with E-state index in [9.17, 15) is 9.18 Å². The van der Waals surface area contributed by atoms with Crippen LogP contribution in [0.3, 0.4) is 0 Å².